The number of aromatic nitrogens is 5. The summed E-state index contributed by atoms with van der Waals surface area (Å²) in [6.45, 7) is 11.0. The van der Waals surface area contributed by atoms with Gasteiger partial charge in [0.25, 0.3) is 0 Å². The van der Waals surface area contributed by atoms with E-state index in [2.05, 4.69) is 196 Å². The molecule has 0 fully saturated rings. The molecule has 0 amide bonds. The van der Waals surface area contributed by atoms with Crippen molar-refractivity contribution < 1.29 is 0 Å². The van der Waals surface area contributed by atoms with Crippen LogP contribution in [0, 0.1) is 13.8 Å². The summed E-state index contributed by atoms with van der Waals surface area (Å²) in [5.74, 6) is 1.60. The maximum absolute atomic E-state index is 4.76. The molecular weight excluding hydrogens is 719 g/mol. The number of rotatable bonds is 8. The SMILES string of the molecule is Cc1ccc(-n2c(-c3ccc(-c4cncc(-c5cccc(-c6cc(C)cc(-c7cccc(-c8cccnc8)c7)c6)c5)c4)cc3)nnc2-c2ccc(C(C)(C)C)cc2)cc1. The lowest BCUT2D eigenvalue weighted by atomic mass is 9.86. The van der Waals surface area contributed by atoms with Gasteiger partial charge in [-0.25, -0.2) is 0 Å². The van der Waals surface area contributed by atoms with Gasteiger partial charge in [-0.05, 0) is 112 Å². The Bertz CT molecular complexity index is 2900. The Hall–Kier alpha value is -7.24. The summed E-state index contributed by atoms with van der Waals surface area (Å²) in [5.41, 5.74) is 18.1. The van der Waals surface area contributed by atoms with Crippen LogP contribution in [-0.4, -0.2) is 24.7 Å². The number of hydrogen-bond donors (Lipinski definition) is 0. The van der Waals surface area contributed by atoms with E-state index in [9.17, 15) is 0 Å². The topological polar surface area (TPSA) is 56.5 Å². The largest absolute Gasteiger partial charge is 0.275 e. The maximum Gasteiger partial charge on any atom is 0.168 e. The highest BCUT2D eigenvalue weighted by Crippen LogP contribution is 2.35. The Morgan fingerprint density at radius 2 is 0.831 bits per heavy atom. The second-order valence-electron chi connectivity index (χ2n) is 16.4. The Kier molecular flexibility index (Phi) is 9.87. The third-order valence-corrected chi connectivity index (χ3v) is 11.0. The first-order valence-corrected chi connectivity index (χ1v) is 20.1. The monoisotopic (exact) mass is 763 g/mol. The highest BCUT2D eigenvalue weighted by Gasteiger charge is 2.19. The van der Waals surface area contributed by atoms with Crippen LogP contribution in [0.5, 0.6) is 0 Å². The molecule has 0 N–H and O–H groups in total. The van der Waals surface area contributed by atoms with Crippen LogP contribution >= 0.6 is 0 Å². The first-order valence-electron chi connectivity index (χ1n) is 20.1. The van der Waals surface area contributed by atoms with Gasteiger partial charge >= 0.3 is 0 Å². The Morgan fingerprint density at radius 1 is 0.373 bits per heavy atom. The van der Waals surface area contributed by atoms with E-state index in [-0.39, 0.29) is 5.41 Å². The van der Waals surface area contributed by atoms with Crippen LogP contribution in [0.2, 0.25) is 0 Å². The summed E-state index contributed by atoms with van der Waals surface area (Å²) in [7, 11) is 0. The Morgan fingerprint density at radius 3 is 1.39 bits per heavy atom. The van der Waals surface area contributed by atoms with Crippen LogP contribution in [0.3, 0.4) is 0 Å². The van der Waals surface area contributed by atoms with Gasteiger partial charge < -0.3 is 0 Å². The lowest BCUT2D eigenvalue weighted by Gasteiger charge is -2.19. The van der Waals surface area contributed by atoms with Gasteiger partial charge in [0.15, 0.2) is 11.6 Å². The molecule has 0 aliphatic rings. The van der Waals surface area contributed by atoms with Gasteiger partial charge in [0.2, 0.25) is 0 Å². The van der Waals surface area contributed by atoms with Crippen molar-refractivity contribution in [3.8, 4) is 84.1 Å². The summed E-state index contributed by atoms with van der Waals surface area (Å²) in [5, 5.41) is 9.51. The van der Waals surface area contributed by atoms with Crippen molar-refractivity contribution in [3.63, 3.8) is 0 Å². The van der Waals surface area contributed by atoms with Crippen LogP contribution in [0.15, 0.2) is 183 Å². The highest BCUT2D eigenvalue weighted by atomic mass is 15.3. The van der Waals surface area contributed by atoms with Crippen molar-refractivity contribution in [2.45, 2.75) is 40.0 Å². The highest BCUT2D eigenvalue weighted by molar-refractivity contribution is 5.81. The van der Waals surface area contributed by atoms with Crippen molar-refractivity contribution in [2.75, 3.05) is 0 Å². The van der Waals surface area contributed by atoms with Crippen LogP contribution in [0.4, 0.5) is 0 Å². The van der Waals surface area contributed by atoms with Gasteiger partial charge in [0, 0.05) is 58.3 Å². The molecule has 0 spiro atoms. The molecule has 0 aliphatic carbocycles. The molecule has 9 rings (SSSR count). The first kappa shape index (κ1) is 37.3. The second-order valence-corrected chi connectivity index (χ2v) is 16.4. The molecule has 3 aromatic heterocycles. The molecular formula is C54H45N5. The van der Waals surface area contributed by atoms with E-state index in [0.717, 1.165) is 67.4 Å². The van der Waals surface area contributed by atoms with Crippen LogP contribution in [-0.2, 0) is 5.41 Å². The zero-order chi connectivity index (χ0) is 40.5. The van der Waals surface area contributed by atoms with E-state index in [1.54, 1.807) is 0 Å². The lowest BCUT2D eigenvalue weighted by Crippen LogP contribution is -2.10. The minimum Gasteiger partial charge on any atom is -0.275 e. The molecule has 6 aromatic carbocycles. The molecule has 0 atom stereocenters. The molecule has 0 unspecified atom stereocenters. The smallest absolute Gasteiger partial charge is 0.168 e. The van der Waals surface area contributed by atoms with Crippen molar-refractivity contribution in [2.24, 2.45) is 0 Å². The molecule has 0 radical (unpaired) electrons. The van der Waals surface area contributed by atoms with Gasteiger partial charge in [-0.15, -0.1) is 10.2 Å². The minimum absolute atomic E-state index is 0.0664. The molecule has 0 saturated heterocycles. The molecule has 286 valence electrons. The minimum atomic E-state index is 0.0664. The average molecular weight is 764 g/mol. The van der Waals surface area contributed by atoms with Crippen LogP contribution in [0.25, 0.3) is 84.1 Å². The maximum atomic E-state index is 4.76. The number of nitrogens with zero attached hydrogens (tertiary/aromatic N) is 5. The summed E-state index contributed by atoms with van der Waals surface area (Å²) in [6.07, 6.45) is 7.60. The van der Waals surface area contributed by atoms with Crippen molar-refractivity contribution in [3.05, 3.63) is 199 Å². The van der Waals surface area contributed by atoms with E-state index in [1.165, 1.54) is 33.4 Å². The molecule has 9 aromatic rings. The first-order chi connectivity index (χ1) is 28.7. The number of benzene rings is 6. The molecule has 0 aliphatic heterocycles. The van der Waals surface area contributed by atoms with Crippen molar-refractivity contribution >= 4 is 0 Å². The van der Waals surface area contributed by atoms with E-state index < -0.39 is 0 Å². The molecule has 5 heteroatoms. The van der Waals surface area contributed by atoms with Crippen molar-refractivity contribution in [1.82, 2.24) is 24.7 Å². The van der Waals surface area contributed by atoms with Gasteiger partial charge in [-0.3, -0.25) is 14.5 Å². The Balaban J connectivity index is 1.01. The van der Waals surface area contributed by atoms with E-state index in [0.29, 0.717) is 0 Å². The van der Waals surface area contributed by atoms with Gasteiger partial charge in [0.05, 0.1) is 0 Å². The van der Waals surface area contributed by atoms with Gasteiger partial charge in [-0.1, -0.05) is 142 Å². The number of hydrogen-bond acceptors (Lipinski definition) is 4. The zero-order valence-electron chi connectivity index (χ0n) is 34.1. The van der Waals surface area contributed by atoms with E-state index >= 15 is 0 Å². The normalized spacial score (nSPS) is 11.5. The predicted octanol–water partition coefficient (Wildman–Crippen LogP) is 13.6. The fourth-order valence-electron chi connectivity index (χ4n) is 7.69. The fraction of sp³-hybridized carbons (Fsp3) is 0.111. The standard InChI is InChI=1S/C54H45N5/c1-36-14-24-51(25-15-36)59-52(57-58-53(59)40-20-22-50(23-21-40)54(3,4)5)39-18-16-38(17-19-39)48-32-49(35-56-34-48)44-12-7-11-43(30-44)47-28-37(2)27-46(31-47)42-10-6-9-41(29-42)45-13-8-26-55-33-45/h6-35H,1-5H3. The van der Waals surface area contributed by atoms with Gasteiger partial charge in [0.1, 0.15) is 0 Å². The fourth-order valence-corrected chi connectivity index (χ4v) is 7.69. The number of aryl methyl sites for hydroxylation is 2. The van der Waals surface area contributed by atoms with Crippen LogP contribution in [0.1, 0.15) is 37.5 Å². The molecule has 0 saturated carbocycles. The average Bonchev–Trinajstić information content (AvgIpc) is 3.72. The quantitative estimate of drug-likeness (QED) is 0.155. The zero-order valence-corrected chi connectivity index (χ0v) is 34.1. The third kappa shape index (κ3) is 7.88. The predicted molar refractivity (Wildman–Crippen MR) is 243 cm³/mol. The summed E-state index contributed by atoms with van der Waals surface area (Å²) >= 11 is 0. The molecule has 3 heterocycles. The van der Waals surface area contributed by atoms with E-state index in [4.69, 9.17) is 15.2 Å². The van der Waals surface area contributed by atoms with Crippen molar-refractivity contribution in [1.29, 1.82) is 0 Å². The lowest BCUT2D eigenvalue weighted by molar-refractivity contribution is 0.590. The molecule has 59 heavy (non-hydrogen) atoms. The summed E-state index contributed by atoms with van der Waals surface area (Å²) < 4.78 is 2.16. The van der Waals surface area contributed by atoms with Crippen LogP contribution < -0.4 is 0 Å². The van der Waals surface area contributed by atoms with E-state index in [1.807, 2.05) is 30.9 Å². The third-order valence-electron chi connectivity index (χ3n) is 11.0. The second kappa shape index (κ2) is 15.6. The molecule has 0 bridgehead atoms. The van der Waals surface area contributed by atoms with Gasteiger partial charge in [-0.2, -0.15) is 0 Å². The number of pyridine rings is 2. The summed E-state index contributed by atoms with van der Waals surface area (Å²) in [6, 6.07) is 56.3. The summed E-state index contributed by atoms with van der Waals surface area (Å²) in [4.78, 5) is 9.03. The Labute approximate surface area is 346 Å². The molecule has 5 nitrogen and oxygen atoms in total.